The van der Waals surface area contributed by atoms with Gasteiger partial charge in [-0.2, -0.15) is 0 Å². The number of urea groups is 1. The fraction of sp³-hybridized carbons (Fsp3) is 0.133. The number of halogens is 1. The van der Waals surface area contributed by atoms with Crippen molar-refractivity contribution >= 4 is 11.7 Å². The SMILES string of the molecule is Cc1c(OCc2ccccc2NC(=O)NN)ccc(O)c1F. The number of para-hydroxylation sites is 1. The molecule has 0 fully saturated rings. The van der Waals surface area contributed by atoms with Crippen molar-refractivity contribution in [3.05, 3.63) is 53.3 Å². The number of aromatic hydroxyl groups is 1. The molecule has 0 unspecified atom stereocenters. The summed E-state index contributed by atoms with van der Waals surface area (Å²) in [6.07, 6.45) is 0. The van der Waals surface area contributed by atoms with Gasteiger partial charge in [-0.15, -0.1) is 0 Å². The first-order valence-corrected chi connectivity index (χ1v) is 6.49. The second kappa shape index (κ2) is 6.77. The average Bonchev–Trinajstić information content (AvgIpc) is 2.53. The molecular formula is C15H16FN3O3. The van der Waals surface area contributed by atoms with Crippen molar-refractivity contribution in [3.8, 4) is 11.5 Å². The largest absolute Gasteiger partial charge is 0.505 e. The van der Waals surface area contributed by atoms with Crippen LogP contribution < -0.4 is 21.3 Å². The van der Waals surface area contributed by atoms with E-state index in [0.717, 1.165) is 0 Å². The predicted molar refractivity (Wildman–Crippen MR) is 79.9 cm³/mol. The first-order valence-electron chi connectivity index (χ1n) is 6.49. The number of hydrogen-bond acceptors (Lipinski definition) is 4. The summed E-state index contributed by atoms with van der Waals surface area (Å²) >= 11 is 0. The van der Waals surface area contributed by atoms with Gasteiger partial charge < -0.3 is 15.2 Å². The van der Waals surface area contributed by atoms with Crippen LogP contribution in [-0.4, -0.2) is 11.1 Å². The van der Waals surface area contributed by atoms with Crippen molar-refractivity contribution in [2.45, 2.75) is 13.5 Å². The van der Waals surface area contributed by atoms with Crippen molar-refractivity contribution in [2.24, 2.45) is 5.84 Å². The third-order valence-corrected chi connectivity index (χ3v) is 3.10. The van der Waals surface area contributed by atoms with Crippen LogP contribution in [0.25, 0.3) is 0 Å². The van der Waals surface area contributed by atoms with Gasteiger partial charge in [-0.05, 0) is 25.1 Å². The monoisotopic (exact) mass is 305 g/mol. The van der Waals surface area contributed by atoms with E-state index in [2.05, 4.69) is 5.32 Å². The summed E-state index contributed by atoms with van der Waals surface area (Å²) in [4.78, 5) is 11.3. The smallest absolute Gasteiger partial charge is 0.333 e. The second-order valence-corrected chi connectivity index (χ2v) is 4.57. The molecule has 6 nitrogen and oxygen atoms in total. The Bertz CT molecular complexity index is 692. The van der Waals surface area contributed by atoms with Gasteiger partial charge in [0.15, 0.2) is 11.6 Å². The molecule has 2 aromatic carbocycles. The van der Waals surface area contributed by atoms with Crippen LogP contribution in [0.3, 0.4) is 0 Å². The first kappa shape index (κ1) is 15.6. The lowest BCUT2D eigenvalue weighted by molar-refractivity contribution is 0.252. The number of nitrogens with one attached hydrogen (secondary N) is 2. The molecule has 0 aliphatic carbocycles. The fourth-order valence-electron chi connectivity index (χ4n) is 1.89. The molecule has 0 spiro atoms. The summed E-state index contributed by atoms with van der Waals surface area (Å²) in [5.41, 5.74) is 3.41. The fourth-order valence-corrected chi connectivity index (χ4v) is 1.89. The summed E-state index contributed by atoms with van der Waals surface area (Å²) in [5, 5.41) is 11.8. The van der Waals surface area contributed by atoms with E-state index in [9.17, 15) is 14.3 Å². The summed E-state index contributed by atoms with van der Waals surface area (Å²) < 4.78 is 19.2. The number of nitrogens with two attached hydrogens (primary N) is 1. The number of benzene rings is 2. The maximum Gasteiger partial charge on any atom is 0.333 e. The molecule has 0 radical (unpaired) electrons. The van der Waals surface area contributed by atoms with Crippen LogP contribution in [0, 0.1) is 12.7 Å². The van der Waals surface area contributed by atoms with Crippen LogP contribution in [0.15, 0.2) is 36.4 Å². The van der Waals surface area contributed by atoms with Gasteiger partial charge in [0.1, 0.15) is 12.4 Å². The lowest BCUT2D eigenvalue weighted by Gasteiger charge is -2.13. The Labute approximate surface area is 126 Å². The highest BCUT2D eigenvalue weighted by Crippen LogP contribution is 2.28. The van der Waals surface area contributed by atoms with Crippen molar-refractivity contribution in [1.29, 1.82) is 0 Å². The zero-order valence-corrected chi connectivity index (χ0v) is 11.9. The number of hydrogen-bond donors (Lipinski definition) is 4. The first-order chi connectivity index (χ1) is 10.5. The highest BCUT2D eigenvalue weighted by molar-refractivity contribution is 5.89. The lowest BCUT2D eigenvalue weighted by Crippen LogP contribution is -2.34. The summed E-state index contributed by atoms with van der Waals surface area (Å²) in [6, 6.07) is 9.14. The quantitative estimate of drug-likeness (QED) is 0.396. The molecule has 0 saturated carbocycles. The number of amides is 2. The van der Waals surface area contributed by atoms with Crippen LogP contribution in [0.5, 0.6) is 11.5 Å². The molecule has 0 aliphatic rings. The van der Waals surface area contributed by atoms with E-state index in [0.29, 0.717) is 17.0 Å². The number of hydrazine groups is 1. The van der Waals surface area contributed by atoms with E-state index in [1.807, 2.05) is 5.43 Å². The number of anilines is 1. The van der Waals surface area contributed by atoms with Crippen LogP contribution in [0.2, 0.25) is 0 Å². The number of carbonyl (C=O) groups excluding carboxylic acids is 1. The molecular weight excluding hydrogens is 289 g/mol. The minimum Gasteiger partial charge on any atom is -0.505 e. The third kappa shape index (κ3) is 3.44. The summed E-state index contributed by atoms with van der Waals surface area (Å²) in [6.45, 7) is 1.63. The standard InChI is InChI=1S/C15H16FN3O3/c1-9-13(7-6-12(20)14(9)16)22-8-10-4-2-3-5-11(10)18-15(21)19-17/h2-7,20H,8,17H2,1H3,(H2,18,19,21). The van der Waals surface area contributed by atoms with Crippen molar-refractivity contribution in [3.63, 3.8) is 0 Å². The number of phenolic OH excluding ortho intramolecular Hbond substituents is 1. The molecule has 0 saturated heterocycles. The van der Waals surface area contributed by atoms with Crippen molar-refractivity contribution in [1.82, 2.24) is 5.43 Å². The Kier molecular flexibility index (Phi) is 4.80. The Morgan fingerprint density at radius 3 is 2.77 bits per heavy atom. The van der Waals surface area contributed by atoms with Gasteiger partial charge in [0.25, 0.3) is 0 Å². The van der Waals surface area contributed by atoms with Gasteiger partial charge in [0.05, 0.1) is 0 Å². The molecule has 0 heterocycles. The topological polar surface area (TPSA) is 96.6 Å². The van der Waals surface area contributed by atoms with E-state index in [1.165, 1.54) is 19.1 Å². The van der Waals surface area contributed by atoms with Crippen molar-refractivity contribution in [2.75, 3.05) is 5.32 Å². The van der Waals surface area contributed by atoms with Gasteiger partial charge in [0.2, 0.25) is 0 Å². The number of carbonyl (C=O) groups is 1. The van der Waals surface area contributed by atoms with E-state index in [1.54, 1.807) is 24.3 Å². The molecule has 22 heavy (non-hydrogen) atoms. The molecule has 0 aromatic heterocycles. The van der Waals surface area contributed by atoms with Gasteiger partial charge in [0, 0.05) is 16.8 Å². The molecule has 5 N–H and O–H groups in total. The van der Waals surface area contributed by atoms with Crippen LogP contribution >= 0.6 is 0 Å². The molecule has 0 bridgehead atoms. The lowest BCUT2D eigenvalue weighted by atomic mass is 10.1. The Morgan fingerprint density at radius 1 is 1.32 bits per heavy atom. The molecule has 2 aromatic rings. The zero-order valence-electron chi connectivity index (χ0n) is 11.9. The van der Waals surface area contributed by atoms with Crippen LogP contribution in [0.4, 0.5) is 14.9 Å². The molecule has 0 atom stereocenters. The van der Waals surface area contributed by atoms with Crippen LogP contribution in [0.1, 0.15) is 11.1 Å². The number of rotatable bonds is 4. The highest BCUT2D eigenvalue weighted by Gasteiger charge is 2.11. The Balaban J connectivity index is 2.15. The summed E-state index contributed by atoms with van der Waals surface area (Å²) in [7, 11) is 0. The van der Waals surface area contributed by atoms with Gasteiger partial charge in [-0.1, -0.05) is 18.2 Å². The Morgan fingerprint density at radius 2 is 2.05 bits per heavy atom. The predicted octanol–water partition coefficient (Wildman–Crippen LogP) is 2.41. The zero-order chi connectivity index (χ0) is 16.1. The van der Waals surface area contributed by atoms with Crippen molar-refractivity contribution < 1.29 is 19.0 Å². The highest BCUT2D eigenvalue weighted by atomic mass is 19.1. The molecule has 2 amide bonds. The number of ether oxygens (including phenoxy) is 1. The molecule has 7 heteroatoms. The van der Waals surface area contributed by atoms with Gasteiger partial charge in [-0.25, -0.2) is 15.0 Å². The minimum atomic E-state index is -0.716. The third-order valence-electron chi connectivity index (χ3n) is 3.10. The molecule has 116 valence electrons. The second-order valence-electron chi connectivity index (χ2n) is 4.57. The van der Waals surface area contributed by atoms with Gasteiger partial charge in [-0.3, -0.25) is 5.43 Å². The van der Waals surface area contributed by atoms with E-state index in [4.69, 9.17) is 10.6 Å². The summed E-state index contributed by atoms with van der Waals surface area (Å²) in [5.74, 6) is 4.20. The van der Waals surface area contributed by atoms with Crippen LogP contribution in [-0.2, 0) is 6.61 Å². The normalized spacial score (nSPS) is 10.1. The van der Waals surface area contributed by atoms with E-state index < -0.39 is 17.6 Å². The average molecular weight is 305 g/mol. The molecule has 2 rings (SSSR count). The van der Waals surface area contributed by atoms with E-state index >= 15 is 0 Å². The molecule has 0 aliphatic heterocycles. The van der Waals surface area contributed by atoms with E-state index in [-0.39, 0.29) is 12.2 Å². The maximum atomic E-state index is 13.6. The van der Waals surface area contributed by atoms with Gasteiger partial charge >= 0.3 is 6.03 Å². The Hall–Kier alpha value is -2.80. The number of phenols is 1. The maximum absolute atomic E-state index is 13.6. The minimum absolute atomic E-state index is 0.117.